The highest BCUT2D eigenvalue weighted by Crippen LogP contribution is 2.28. The lowest BCUT2D eigenvalue weighted by Gasteiger charge is -2.35. The van der Waals surface area contributed by atoms with Crippen molar-refractivity contribution in [2.75, 3.05) is 43.4 Å². The Hall–Kier alpha value is -2.33. The van der Waals surface area contributed by atoms with Gasteiger partial charge in [-0.2, -0.15) is 0 Å². The van der Waals surface area contributed by atoms with Crippen LogP contribution in [-0.2, 0) is 12.8 Å². The number of nitrogens with one attached hydrogen (secondary N) is 1. The number of para-hydroxylation sites is 2. The Bertz CT molecular complexity index is 778. The first-order chi connectivity index (χ1) is 12.2. The Morgan fingerprint density at radius 2 is 1.72 bits per heavy atom. The summed E-state index contributed by atoms with van der Waals surface area (Å²) >= 11 is 0. The highest BCUT2D eigenvalue weighted by molar-refractivity contribution is 6.06. The Kier molecular flexibility index (Phi) is 4.45. The maximum Gasteiger partial charge on any atom is 0.255 e. The number of carbonyl (C=O) groups excluding carboxylic acids is 1. The van der Waals surface area contributed by atoms with Crippen molar-refractivity contribution in [1.29, 1.82) is 0 Å². The molecule has 0 aromatic heterocycles. The molecule has 1 aliphatic heterocycles. The van der Waals surface area contributed by atoms with Gasteiger partial charge in [-0.3, -0.25) is 4.79 Å². The van der Waals surface area contributed by atoms with Gasteiger partial charge in [0.15, 0.2) is 0 Å². The van der Waals surface area contributed by atoms with Crippen molar-refractivity contribution in [3.05, 3.63) is 59.2 Å². The standard InChI is InChI=1S/C21H25N3O/c1-23-11-13-24(14-12-23)20-8-3-2-7-19(20)22-21(25)18-10-9-16-5-4-6-17(16)15-18/h2-3,7-10,15H,4-6,11-14H2,1H3,(H,22,25). The summed E-state index contributed by atoms with van der Waals surface area (Å²) in [6.45, 7) is 4.07. The van der Waals surface area contributed by atoms with E-state index >= 15 is 0 Å². The largest absolute Gasteiger partial charge is 0.367 e. The van der Waals surface area contributed by atoms with Gasteiger partial charge >= 0.3 is 0 Å². The van der Waals surface area contributed by atoms with Gasteiger partial charge in [0, 0.05) is 31.7 Å². The Morgan fingerprint density at radius 1 is 0.960 bits per heavy atom. The van der Waals surface area contributed by atoms with Crippen LogP contribution in [0.4, 0.5) is 11.4 Å². The van der Waals surface area contributed by atoms with Gasteiger partial charge in [-0.1, -0.05) is 18.2 Å². The van der Waals surface area contributed by atoms with Gasteiger partial charge in [-0.15, -0.1) is 0 Å². The smallest absolute Gasteiger partial charge is 0.255 e. The molecule has 0 saturated carbocycles. The van der Waals surface area contributed by atoms with Crippen LogP contribution in [0.3, 0.4) is 0 Å². The fourth-order valence-electron chi connectivity index (χ4n) is 3.81. The van der Waals surface area contributed by atoms with Gasteiger partial charge in [0.05, 0.1) is 11.4 Å². The second-order valence-electron chi connectivity index (χ2n) is 7.10. The fraction of sp³-hybridized carbons (Fsp3) is 0.381. The molecule has 1 fully saturated rings. The first kappa shape index (κ1) is 16.2. The van der Waals surface area contributed by atoms with E-state index in [0.717, 1.165) is 56.0 Å². The zero-order chi connectivity index (χ0) is 17.2. The molecule has 2 aromatic rings. The number of benzene rings is 2. The summed E-state index contributed by atoms with van der Waals surface area (Å²) < 4.78 is 0. The summed E-state index contributed by atoms with van der Waals surface area (Å²) in [6, 6.07) is 14.3. The molecule has 1 heterocycles. The molecule has 1 N–H and O–H groups in total. The van der Waals surface area contributed by atoms with E-state index < -0.39 is 0 Å². The van der Waals surface area contributed by atoms with Crippen molar-refractivity contribution < 1.29 is 4.79 Å². The molecule has 0 spiro atoms. The number of nitrogens with zero attached hydrogens (tertiary/aromatic N) is 2. The van der Waals surface area contributed by atoms with Crippen molar-refractivity contribution in [3.8, 4) is 0 Å². The van der Waals surface area contributed by atoms with Gasteiger partial charge in [0.25, 0.3) is 5.91 Å². The van der Waals surface area contributed by atoms with Gasteiger partial charge in [-0.05, 0) is 61.7 Å². The maximum absolute atomic E-state index is 12.8. The van der Waals surface area contributed by atoms with E-state index in [4.69, 9.17) is 0 Å². The lowest BCUT2D eigenvalue weighted by molar-refractivity contribution is 0.102. The molecule has 1 saturated heterocycles. The zero-order valence-electron chi connectivity index (χ0n) is 14.8. The number of amides is 1. The molecule has 4 heteroatoms. The summed E-state index contributed by atoms with van der Waals surface area (Å²) in [5, 5.41) is 3.13. The van der Waals surface area contributed by atoms with Crippen LogP contribution in [0.1, 0.15) is 27.9 Å². The first-order valence-electron chi connectivity index (χ1n) is 9.16. The number of hydrogen-bond donors (Lipinski definition) is 1. The second-order valence-corrected chi connectivity index (χ2v) is 7.10. The Morgan fingerprint density at radius 3 is 2.56 bits per heavy atom. The van der Waals surface area contributed by atoms with E-state index in [9.17, 15) is 4.79 Å². The highest BCUT2D eigenvalue weighted by Gasteiger charge is 2.19. The van der Waals surface area contributed by atoms with E-state index in [-0.39, 0.29) is 5.91 Å². The molecule has 1 amide bonds. The average Bonchev–Trinajstić information content (AvgIpc) is 3.11. The third kappa shape index (κ3) is 3.40. The van der Waals surface area contributed by atoms with Gasteiger partial charge in [0.1, 0.15) is 0 Å². The molecular formula is C21H25N3O. The summed E-state index contributed by atoms with van der Waals surface area (Å²) in [6.07, 6.45) is 3.43. The van der Waals surface area contributed by atoms with Crippen LogP contribution in [0.5, 0.6) is 0 Å². The van der Waals surface area contributed by atoms with Crippen LogP contribution in [-0.4, -0.2) is 44.0 Å². The SMILES string of the molecule is CN1CCN(c2ccccc2NC(=O)c2ccc3c(c2)CCC3)CC1. The quantitative estimate of drug-likeness (QED) is 0.936. The normalized spacial score (nSPS) is 17.4. The molecule has 0 atom stereocenters. The van der Waals surface area contributed by atoms with Crippen LogP contribution >= 0.6 is 0 Å². The van der Waals surface area contributed by atoms with Crippen molar-refractivity contribution in [2.45, 2.75) is 19.3 Å². The third-order valence-corrected chi connectivity index (χ3v) is 5.36. The average molecular weight is 335 g/mol. The summed E-state index contributed by atoms with van der Waals surface area (Å²) in [5.74, 6) is -0.0173. The molecule has 2 aromatic carbocycles. The molecule has 130 valence electrons. The number of fused-ring (bicyclic) bond motifs is 1. The molecule has 25 heavy (non-hydrogen) atoms. The maximum atomic E-state index is 12.8. The molecule has 0 unspecified atom stereocenters. The van der Waals surface area contributed by atoms with Crippen LogP contribution in [0.15, 0.2) is 42.5 Å². The van der Waals surface area contributed by atoms with E-state index in [1.807, 2.05) is 24.3 Å². The molecular weight excluding hydrogens is 310 g/mol. The minimum atomic E-state index is -0.0173. The van der Waals surface area contributed by atoms with E-state index in [1.165, 1.54) is 17.5 Å². The van der Waals surface area contributed by atoms with E-state index in [2.05, 4.69) is 40.4 Å². The van der Waals surface area contributed by atoms with Crippen LogP contribution in [0, 0.1) is 0 Å². The number of hydrogen-bond acceptors (Lipinski definition) is 3. The zero-order valence-corrected chi connectivity index (χ0v) is 14.8. The minimum Gasteiger partial charge on any atom is -0.367 e. The molecule has 0 bridgehead atoms. The third-order valence-electron chi connectivity index (χ3n) is 5.36. The highest BCUT2D eigenvalue weighted by atomic mass is 16.1. The van der Waals surface area contributed by atoms with Crippen molar-refractivity contribution in [1.82, 2.24) is 4.90 Å². The number of anilines is 2. The van der Waals surface area contributed by atoms with Crippen LogP contribution < -0.4 is 10.2 Å². The van der Waals surface area contributed by atoms with Gasteiger partial charge in [-0.25, -0.2) is 0 Å². The van der Waals surface area contributed by atoms with Crippen molar-refractivity contribution >= 4 is 17.3 Å². The number of likely N-dealkylation sites (N-methyl/N-ethyl adjacent to an activating group) is 1. The summed E-state index contributed by atoms with van der Waals surface area (Å²) in [7, 11) is 2.15. The molecule has 2 aliphatic rings. The number of rotatable bonds is 3. The molecule has 0 radical (unpaired) electrons. The van der Waals surface area contributed by atoms with E-state index in [1.54, 1.807) is 0 Å². The fourth-order valence-corrected chi connectivity index (χ4v) is 3.81. The Labute approximate surface area is 149 Å². The van der Waals surface area contributed by atoms with Crippen LogP contribution in [0.25, 0.3) is 0 Å². The number of piperazine rings is 1. The predicted octanol–water partition coefficient (Wildman–Crippen LogP) is 3.18. The second kappa shape index (κ2) is 6.89. The van der Waals surface area contributed by atoms with Gasteiger partial charge in [0.2, 0.25) is 0 Å². The molecule has 4 nitrogen and oxygen atoms in total. The topological polar surface area (TPSA) is 35.6 Å². The lowest BCUT2D eigenvalue weighted by Crippen LogP contribution is -2.44. The molecule has 4 rings (SSSR count). The van der Waals surface area contributed by atoms with E-state index in [0.29, 0.717) is 0 Å². The first-order valence-corrected chi connectivity index (χ1v) is 9.16. The molecule has 1 aliphatic carbocycles. The lowest BCUT2D eigenvalue weighted by atomic mass is 10.1. The van der Waals surface area contributed by atoms with Crippen molar-refractivity contribution in [2.24, 2.45) is 0 Å². The summed E-state index contributed by atoms with van der Waals surface area (Å²) in [4.78, 5) is 17.5. The summed E-state index contributed by atoms with van der Waals surface area (Å²) in [5.41, 5.74) is 5.51. The van der Waals surface area contributed by atoms with Crippen molar-refractivity contribution in [3.63, 3.8) is 0 Å². The van der Waals surface area contributed by atoms with Gasteiger partial charge < -0.3 is 15.1 Å². The number of aryl methyl sites for hydroxylation is 2. The monoisotopic (exact) mass is 335 g/mol. The Balaban J connectivity index is 1.53. The number of carbonyl (C=O) groups is 1. The van der Waals surface area contributed by atoms with Crippen LogP contribution in [0.2, 0.25) is 0 Å². The predicted molar refractivity (Wildman–Crippen MR) is 103 cm³/mol. The minimum absolute atomic E-state index is 0.0173.